The first-order valence-electron chi connectivity index (χ1n) is 10.7. The highest BCUT2D eigenvalue weighted by Crippen LogP contribution is 2.27. The molecule has 3 aromatic rings. The summed E-state index contributed by atoms with van der Waals surface area (Å²) in [6.07, 6.45) is 6.95. The lowest BCUT2D eigenvalue weighted by Gasteiger charge is -2.24. The van der Waals surface area contributed by atoms with Gasteiger partial charge in [-0.3, -0.25) is 4.79 Å². The van der Waals surface area contributed by atoms with Gasteiger partial charge in [0.1, 0.15) is 5.82 Å². The highest BCUT2D eigenvalue weighted by molar-refractivity contribution is 5.90. The van der Waals surface area contributed by atoms with E-state index in [1.54, 1.807) is 0 Å². The van der Waals surface area contributed by atoms with Crippen molar-refractivity contribution in [1.82, 2.24) is 9.97 Å². The largest absolute Gasteiger partial charge is 0.466 e. The van der Waals surface area contributed by atoms with E-state index in [0.29, 0.717) is 25.0 Å². The summed E-state index contributed by atoms with van der Waals surface area (Å²) in [6, 6.07) is 16.6. The number of hydrogen-bond acceptors (Lipinski definition) is 6. The third kappa shape index (κ3) is 5.26. The van der Waals surface area contributed by atoms with Gasteiger partial charge in [0.05, 0.1) is 12.1 Å². The summed E-state index contributed by atoms with van der Waals surface area (Å²) in [5, 5.41) is 8.04. The first-order chi connectivity index (χ1) is 14.7. The van der Waals surface area contributed by atoms with E-state index in [4.69, 9.17) is 14.7 Å². The number of rotatable bonds is 7. The first kappa shape index (κ1) is 20.1. The minimum atomic E-state index is -0.251. The molecule has 2 N–H and O–H groups in total. The number of carbonyl (C=O) groups is 1. The summed E-state index contributed by atoms with van der Waals surface area (Å²) >= 11 is 0. The fraction of sp³-hybridized carbons (Fsp3) is 0.375. The van der Waals surface area contributed by atoms with Crippen molar-refractivity contribution in [3.8, 4) is 0 Å². The second kappa shape index (κ2) is 9.57. The van der Waals surface area contributed by atoms with E-state index in [2.05, 4.69) is 16.7 Å². The number of aromatic nitrogens is 2. The first-order valence-corrected chi connectivity index (χ1v) is 10.7. The molecule has 1 fully saturated rings. The summed E-state index contributed by atoms with van der Waals surface area (Å²) < 4.78 is 5.01. The average Bonchev–Trinajstić information content (AvgIpc) is 2.75. The van der Waals surface area contributed by atoms with Crippen molar-refractivity contribution in [1.29, 1.82) is 0 Å². The Morgan fingerprint density at radius 1 is 1.03 bits per heavy atom. The lowest BCUT2D eigenvalue weighted by atomic mass is 9.95. The number of nitrogens with zero attached hydrogens (tertiary/aromatic N) is 2. The van der Waals surface area contributed by atoms with Gasteiger partial charge < -0.3 is 15.4 Å². The number of benzene rings is 2. The fourth-order valence-corrected chi connectivity index (χ4v) is 3.88. The van der Waals surface area contributed by atoms with E-state index in [-0.39, 0.29) is 5.97 Å². The van der Waals surface area contributed by atoms with Crippen molar-refractivity contribution in [2.24, 2.45) is 0 Å². The Morgan fingerprint density at radius 2 is 1.80 bits per heavy atom. The van der Waals surface area contributed by atoms with E-state index in [9.17, 15) is 4.79 Å². The van der Waals surface area contributed by atoms with E-state index in [0.717, 1.165) is 28.0 Å². The Bertz CT molecular complexity index is 998. The molecule has 0 saturated heterocycles. The number of carbonyl (C=O) groups excluding carboxylic acids is 1. The molecule has 1 saturated carbocycles. The molecule has 6 heteroatoms. The molecule has 30 heavy (non-hydrogen) atoms. The van der Waals surface area contributed by atoms with Crippen LogP contribution in [0.3, 0.4) is 0 Å². The molecule has 0 atom stereocenters. The molecule has 0 radical (unpaired) electrons. The monoisotopic (exact) mass is 404 g/mol. The Morgan fingerprint density at radius 3 is 2.57 bits per heavy atom. The molecular formula is C24H28N4O2. The quantitative estimate of drug-likeness (QED) is 0.526. The van der Waals surface area contributed by atoms with Crippen LogP contribution in [0.25, 0.3) is 10.9 Å². The molecule has 1 heterocycles. The molecule has 0 unspecified atom stereocenters. The fourth-order valence-electron chi connectivity index (χ4n) is 3.88. The molecule has 0 bridgehead atoms. The Labute approximate surface area is 177 Å². The minimum absolute atomic E-state index is 0.251. The summed E-state index contributed by atoms with van der Waals surface area (Å²) in [4.78, 5) is 20.4. The van der Waals surface area contributed by atoms with Crippen LogP contribution in [-0.4, -0.2) is 28.6 Å². The maximum atomic E-state index is 10.9. The standard InChI is InChI=1S/C24H28N4O2/c1-17(29)30-16-15-18-11-13-20(14-12-18)26-24-27-22-10-6-5-9-21(22)23(28-24)25-19-7-3-2-4-8-19/h5-6,9-14,19H,2-4,7-8,15-16H2,1H3,(H2,25,26,27,28). The molecule has 1 aromatic heterocycles. The van der Waals surface area contributed by atoms with Crippen molar-refractivity contribution in [2.75, 3.05) is 17.2 Å². The number of fused-ring (bicyclic) bond motifs is 1. The van der Waals surface area contributed by atoms with Gasteiger partial charge in [-0.2, -0.15) is 4.98 Å². The molecule has 0 amide bonds. The van der Waals surface area contributed by atoms with E-state index in [1.165, 1.54) is 39.0 Å². The maximum absolute atomic E-state index is 10.9. The van der Waals surface area contributed by atoms with Crippen LogP contribution in [0.5, 0.6) is 0 Å². The number of esters is 1. The number of para-hydroxylation sites is 1. The minimum Gasteiger partial charge on any atom is -0.466 e. The summed E-state index contributed by atoms with van der Waals surface area (Å²) in [6.45, 7) is 1.82. The van der Waals surface area contributed by atoms with Crippen LogP contribution in [0, 0.1) is 0 Å². The number of anilines is 3. The smallest absolute Gasteiger partial charge is 0.302 e. The maximum Gasteiger partial charge on any atom is 0.302 e. The third-order valence-electron chi connectivity index (χ3n) is 5.46. The zero-order chi connectivity index (χ0) is 20.8. The molecule has 0 aliphatic heterocycles. The number of hydrogen-bond donors (Lipinski definition) is 2. The van der Waals surface area contributed by atoms with Gasteiger partial charge in [0.25, 0.3) is 0 Å². The summed E-state index contributed by atoms with van der Waals surface area (Å²) in [7, 11) is 0. The van der Waals surface area contributed by atoms with Crippen LogP contribution in [0.1, 0.15) is 44.6 Å². The van der Waals surface area contributed by atoms with Crippen LogP contribution in [0.15, 0.2) is 48.5 Å². The molecule has 1 aliphatic rings. The number of nitrogens with one attached hydrogen (secondary N) is 2. The lowest BCUT2D eigenvalue weighted by Crippen LogP contribution is -2.23. The molecule has 0 spiro atoms. The second-order valence-electron chi connectivity index (χ2n) is 7.80. The van der Waals surface area contributed by atoms with Gasteiger partial charge in [-0.25, -0.2) is 4.98 Å². The SMILES string of the molecule is CC(=O)OCCc1ccc(Nc2nc(NC3CCCCC3)c3ccccc3n2)cc1. The van der Waals surface area contributed by atoms with E-state index < -0.39 is 0 Å². The molecule has 1 aliphatic carbocycles. The Hall–Kier alpha value is -3.15. The molecule has 6 nitrogen and oxygen atoms in total. The van der Waals surface area contributed by atoms with Crippen molar-refractivity contribution in [3.05, 3.63) is 54.1 Å². The van der Waals surface area contributed by atoms with Gasteiger partial charge in [-0.1, -0.05) is 43.5 Å². The van der Waals surface area contributed by atoms with Gasteiger partial charge in [-0.15, -0.1) is 0 Å². The Kier molecular flexibility index (Phi) is 6.42. The molecule has 4 rings (SSSR count). The van der Waals surface area contributed by atoms with Gasteiger partial charge in [-0.05, 0) is 42.7 Å². The van der Waals surface area contributed by atoms with Crippen LogP contribution < -0.4 is 10.6 Å². The van der Waals surface area contributed by atoms with Crippen LogP contribution in [0.4, 0.5) is 17.5 Å². The number of ether oxygens (including phenoxy) is 1. The highest BCUT2D eigenvalue weighted by atomic mass is 16.5. The van der Waals surface area contributed by atoms with E-state index >= 15 is 0 Å². The zero-order valence-electron chi connectivity index (χ0n) is 17.4. The normalized spacial score (nSPS) is 14.4. The molecule has 2 aromatic carbocycles. The lowest BCUT2D eigenvalue weighted by molar-refractivity contribution is -0.140. The van der Waals surface area contributed by atoms with Crippen molar-refractivity contribution in [2.45, 2.75) is 51.5 Å². The molecule has 156 valence electrons. The van der Waals surface area contributed by atoms with Crippen molar-refractivity contribution < 1.29 is 9.53 Å². The topological polar surface area (TPSA) is 76.1 Å². The van der Waals surface area contributed by atoms with Gasteiger partial charge in [0.15, 0.2) is 0 Å². The van der Waals surface area contributed by atoms with Gasteiger partial charge in [0, 0.05) is 30.5 Å². The van der Waals surface area contributed by atoms with E-state index in [1.807, 2.05) is 42.5 Å². The Balaban J connectivity index is 1.50. The van der Waals surface area contributed by atoms with Crippen LogP contribution in [-0.2, 0) is 16.0 Å². The predicted octanol–water partition coefficient (Wildman–Crippen LogP) is 5.22. The average molecular weight is 405 g/mol. The van der Waals surface area contributed by atoms with Gasteiger partial charge in [0.2, 0.25) is 5.95 Å². The van der Waals surface area contributed by atoms with Gasteiger partial charge >= 0.3 is 5.97 Å². The molecular weight excluding hydrogens is 376 g/mol. The van der Waals surface area contributed by atoms with Crippen molar-refractivity contribution in [3.63, 3.8) is 0 Å². The predicted molar refractivity (Wildman–Crippen MR) is 120 cm³/mol. The summed E-state index contributed by atoms with van der Waals surface area (Å²) in [5.74, 6) is 1.23. The highest BCUT2D eigenvalue weighted by Gasteiger charge is 2.16. The van der Waals surface area contributed by atoms with Crippen LogP contribution >= 0.6 is 0 Å². The summed E-state index contributed by atoms with van der Waals surface area (Å²) in [5.41, 5.74) is 2.96. The van der Waals surface area contributed by atoms with Crippen molar-refractivity contribution >= 4 is 34.3 Å². The zero-order valence-corrected chi connectivity index (χ0v) is 17.4. The third-order valence-corrected chi connectivity index (χ3v) is 5.46. The van der Waals surface area contributed by atoms with Crippen LogP contribution in [0.2, 0.25) is 0 Å². The second-order valence-corrected chi connectivity index (χ2v) is 7.80.